The van der Waals surface area contributed by atoms with E-state index < -0.39 is 11.5 Å². The van der Waals surface area contributed by atoms with Gasteiger partial charge in [-0.25, -0.2) is 0 Å². The lowest BCUT2D eigenvalue weighted by atomic mass is 10.0. The Hall–Kier alpha value is -2.24. The molecule has 116 valence electrons. The summed E-state index contributed by atoms with van der Waals surface area (Å²) < 4.78 is 10.8. The Morgan fingerprint density at radius 1 is 1.19 bits per heavy atom. The largest absolute Gasteiger partial charge is 0.490 e. The summed E-state index contributed by atoms with van der Waals surface area (Å²) in [6.07, 6.45) is -0.158. The molecular weight excluding hydrogens is 274 g/mol. The summed E-state index contributed by atoms with van der Waals surface area (Å²) in [5.74, 6) is -0.307. The van der Waals surface area contributed by atoms with Crippen LogP contribution in [-0.2, 0) is 9.59 Å². The van der Waals surface area contributed by atoms with Crippen LogP contribution in [0.15, 0.2) is 24.3 Å². The molecule has 2 N–H and O–H groups in total. The first kappa shape index (κ1) is 16.8. The zero-order valence-electron chi connectivity index (χ0n) is 12.5. The average molecular weight is 295 g/mol. The van der Waals surface area contributed by atoms with Crippen molar-refractivity contribution in [1.82, 2.24) is 5.32 Å². The molecule has 6 nitrogen and oxygen atoms in total. The van der Waals surface area contributed by atoms with E-state index in [1.54, 1.807) is 32.0 Å². The highest BCUT2D eigenvalue weighted by molar-refractivity contribution is 5.79. The number of nitrogens with one attached hydrogen (secondary N) is 1. The van der Waals surface area contributed by atoms with Crippen molar-refractivity contribution in [2.45, 2.75) is 32.7 Å². The Labute approximate surface area is 124 Å². The van der Waals surface area contributed by atoms with E-state index in [4.69, 9.17) is 14.6 Å². The van der Waals surface area contributed by atoms with Gasteiger partial charge in [-0.05, 0) is 32.9 Å². The molecule has 0 saturated heterocycles. The van der Waals surface area contributed by atoms with Gasteiger partial charge in [0.15, 0.2) is 18.1 Å². The summed E-state index contributed by atoms with van der Waals surface area (Å²) in [4.78, 5) is 22.5. The van der Waals surface area contributed by atoms with Gasteiger partial charge in [-0.2, -0.15) is 0 Å². The lowest BCUT2D eigenvalue weighted by molar-refractivity contribution is -0.138. The van der Waals surface area contributed by atoms with Gasteiger partial charge in [0, 0.05) is 5.54 Å². The maximum absolute atomic E-state index is 11.8. The summed E-state index contributed by atoms with van der Waals surface area (Å²) in [6, 6.07) is 7.06. The lowest BCUT2D eigenvalue weighted by Gasteiger charge is -2.24. The minimum atomic E-state index is -0.970. The van der Waals surface area contributed by atoms with Crippen LogP contribution < -0.4 is 14.8 Å². The maximum atomic E-state index is 11.8. The normalized spacial score (nSPS) is 10.8. The quantitative estimate of drug-likeness (QED) is 0.764. The molecule has 21 heavy (non-hydrogen) atoms. The highest BCUT2D eigenvalue weighted by Gasteiger charge is 2.24. The SMILES string of the molecule is CCOc1ccccc1OCC(=O)NC(C)(C)CC(=O)O. The molecule has 0 atom stereocenters. The van der Waals surface area contributed by atoms with Gasteiger partial charge in [0.05, 0.1) is 13.0 Å². The highest BCUT2D eigenvalue weighted by atomic mass is 16.5. The van der Waals surface area contributed by atoms with Gasteiger partial charge < -0.3 is 19.9 Å². The maximum Gasteiger partial charge on any atom is 0.305 e. The summed E-state index contributed by atoms with van der Waals surface area (Å²) in [7, 11) is 0. The third-order valence-corrected chi connectivity index (χ3v) is 2.58. The van der Waals surface area contributed by atoms with E-state index in [9.17, 15) is 9.59 Å². The predicted octanol–water partition coefficient (Wildman–Crippen LogP) is 1.83. The summed E-state index contributed by atoms with van der Waals surface area (Å²) >= 11 is 0. The molecule has 0 heterocycles. The van der Waals surface area contributed by atoms with Crippen LogP contribution in [0.5, 0.6) is 11.5 Å². The van der Waals surface area contributed by atoms with E-state index in [1.165, 1.54) is 0 Å². The van der Waals surface area contributed by atoms with Crippen molar-refractivity contribution < 1.29 is 24.2 Å². The van der Waals surface area contributed by atoms with Crippen LogP contribution >= 0.6 is 0 Å². The number of carboxylic acid groups (broad SMARTS) is 1. The first-order valence-corrected chi connectivity index (χ1v) is 6.71. The van der Waals surface area contributed by atoms with Crippen LogP contribution in [0.25, 0.3) is 0 Å². The summed E-state index contributed by atoms with van der Waals surface area (Å²) in [5.41, 5.74) is -0.828. The molecule has 6 heteroatoms. The number of aliphatic carboxylic acids is 1. The van der Waals surface area contributed by atoms with Gasteiger partial charge in [0.25, 0.3) is 5.91 Å². The van der Waals surface area contributed by atoms with E-state index in [2.05, 4.69) is 5.32 Å². The van der Waals surface area contributed by atoms with Crippen molar-refractivity contribution in [3.8, 4) is 11.5 Å². The van der Waals surface area contributed by atoms with Gasteiger partial charge in [-0.3, -0.25) is 9.59 Å². The van der Waals surface area contributed by atoms with Crippen LogP contribution in [0.2, 0.25) is 0 Å². The topological polar surface area (TPSA) is 84.9 Å². The number of ether oxygens (including phenoxy) is 2. The second-order valence-corrected chi connectivity index (χ2v) is 5.17. The van der Waals surface area contributed by atoms with E-state index in [0.717, 1.165) is 0 Å². The van der Waals surface area contributed by atoms with Gasteiger partial charge in [-0.15, -0.1) is 0 Å². The van der Waals surface area contributed by atoms with Crippen molar-refractivity contribution in [2.24, 2.45) is 0 Å². The Morgan fingerprint density at radius 3 is 2.29 bits per heavy atom. The molecule has 1 aromatic carbocycles. The average Bonchev–Trinajstić information content (AvgIpc) is 2.36. The van der Waals surface area contributed by atoms with Crippen LogP contribution in [0.1, 0.15) is 27.2 Å². The van der Waals surface area contributed by atoms with E-state index >= 15 is 0 Å². The van der Waals surface area contributed by atoms with Crippen LogP contribution in [0.4, 0.5) is 0 Å². The van der Waals surface area contributed by atoms with E-state index in [1.807, 2.05) is 13.0 Å². The smallest absolute Gasteiger partial charge is 0.305 e. The van der Waals surface area contributed by atoms with Gasteiger partial charge in [0.2, 0.25) is 0 Å². The third kappa shape index (κ3) is 6.16. The molecule has 0 aliphatic carbocycles. The second-order valence-electron chi connectivity index (χ2n) is 5.17. The zero-order chi connectivity index (χ0) is 15.9. The molecule has 0 aromatic heterocycles. The number of hydrogen-bond acceptors (Lipinski definition) is 4. The zero-order valence-corrected chi connectivity index (χ0v) is 12.5. The molecule has 1 aromatic rings. The molecule has 0 saturated carbocycles. The van der Waals surface area contributed by atoms with Gasteiger partial charge >= 0.3 is 5.97 Å². The number of hydrogen-bond donors (Lipinski definition) is 2. The fourth-order valence-electron chi connectivity index (χ4n) is 1.82. The van der Waals surface area contributed by atoms with Crippen molar-refractivity contribution in [2.75, 3.05) is 13.2 Å². The van der Waals surface area contributed by atoms with Gasteiger partial charge in [-0.1, -0.05) is 12.1 Å². The standard InChI is InChI=1S/C15H21NO5/c1-4-20-11-7-5-6-8-12(11)21-10-13(17)16-15(2,3)9-14(18)19/h5-8H,4,9-10H2,1-3H3,(H,16,17)(H,18,19). The number of carbonyl (C=O) groups is 2. The Bertz CT molecular complexity index is 499. The lowest BCUT2D eigenvalue weighted by Crippen LogP contribution is -2.46. The van der Waals surface area contributed by atoms with Crippen molar-refractivity contribution in [3.63, 3.8) is 0 Å². The minimum absolute atomic E-state index is 0.158. The van der Waals surface area contributed by atoms with Crippen LogP contribution in [0, 0.1) is 0 Å². The Morgan fingerprint density at radius 2 is 1.76 bits per heavy atom. The first-order chi connectivity index (χ1) is 9.84. The predicted molar refractivity (Wildman–Crippen MR) is 77.6 cm³/mol. The first-order valence-electron chi connectivity index (χ1n) is 6.71. The molecule has 0 aliphatic heterocycles. The van der Waals surface area contributed by atoms with Crippen molar-refractivity contribution in [1.29, 1.82) is 0 Å². The van der Waals surface area contributed by atoms with E-state index in [0.29, 0.717) is 18.1 Å². The molecule has 0 fully saturated rings. The second kappa shape index (κ2) is 7.52. The number of benzene rings is 1. The molecular formula is C15H21NO5. The van der Waals surface area contributed by atoms with Crippen molar-refractivity contribution in [3.05, 3.63) is 24.3 Å². The number of rotatable bonds is 8. The summed E-state index contributed by atoms with van der Waals surface area (Å²) in [5, 5.41) is 11.4. The van der Waals surface area contributed by atoms with E-state index in [-0.39, 0.29) is 18.9 Å². The molecule has 1 rings (SSSR count). The number of amides is 1. The number of carboxylic acids is 1. The molecule has 0 bridgehead atoms. The Balaban J connectivity index is 2.55. The van der Waals surface area contributed by atoms with Crippen LogP contribution in [-0.4, -0.2) is 35.7 Å². The molecule has 0 aliphatic rings. The third-order valence-electron chi connectivity index (χ3n) is 2.58. The number of carbonyl (C=O) groups excluding carboxylic acids is 1. The monoisotopic (exact) mass is 295 g/mol. The molecule has 0 spiro atoms. The molecule has 0 unspecified atom stereocenters. The minimum Gasteiger partial charge on any atom is -0.490 e. The highest BCUT2D eigenvalue weighted by Crippen LogP contribution is 2.26. The Kier molecular flexibility index (Phi) is 6.02. The number of para-hydroxylation sites is 2. The fourth-order valence-corrected chi connectivity index (χ4v) is 1.82. The van der Waals surface area contributed by atoms with Gasteiger partial charge in [0.1, 0.15) is 0 Å². The van der Waals surface area contributed by atoms with Crippen LogP contribution in [0.3, 0.4) is 0 Å². The fraction of sp³-hybridized carbons (Fsp3) is 0.467. The molecule has 1 amide bonds. The molecule has 0 radical (unpaired) electrons. The summed E-state index contributed by atoms with van der Waals surface area (Å²) in [6.45, 7) is 5.45. The van der Waals surface area contributed by atoms with Crippen molar-refractivity contribution >= 4 is 11.9 Å².